The Morgan fingerprint density at radius 3 is 2.48 bits per heavy atom. The molecule has 1 aromatic carbocycles. The SMILES string of the molecule is Cc1nn(-c2cccc(Cl)c2)c(C)c1C(=O)N1CCC(N2CCCC2)CC1. The van der Waals surface area contributed by atoms with E-state index in [0.717, 1.165) is 48.6 Å². The van der Waals surface area contributed by atoms with Crippen molar-refractivity contribution in [3.8, 4) is 5.69 Å². The predicted molar refractivity (Wildman–Crippen MR) is 108 cm³/mol. The van der Waals surface area contributed by atoms with Gasteiger partial charge in [-0.25, -0.2) is 4.68 Å². The topological polar surface area (TPSA) is 41.4 Å². The molecule has 1 amide bonds. The van der Waals surface area contributed by atoms with Gasteiger partial charge in [0.15, 0.2) is 0 Å². The van der Waals surface area contributed by atoms with E-state index in [1.165, 1.54) is 25.9 Å². The maximum Gasteiger partial charge on any atom is 0.257 e. The highest BCUT2D eigenvalue weighted by atomic mass is 35.5. The van der Waals surface area contributed by atoms with E-state index in [-0.39, 0.29) is 5.91 Å². The summed E-state index contributed by atoms with van der Waals surface area (Å²) in [5, 5.41) is 5.28. The van der Waals surface area contributed by atoms with Crippen molar-refractivity contribution in [3.05, 3.63) is 46.2 Å². The molecule has 0 bridgehead atoms. The van der Waals surface area contributed by atoms with Crippen LogP contribution in [0.25, 0.3) is 5.69 Å². The Labute approximate surface area is 165 Å². The Bertz CT molecular complexity index is 833. The van der Waals surface area contributed by atoms with Gasteiger partial charge in [-0.3, -0.25) is 4.79 Å². The quantitative estimate of drug-likeness (QED) is 0.804. The number of aryl methyl sites for hydroxylation is 1. The van der Waals surface area contributed by atoms with Crippen LogP contribution in [0.15, 0.2) is 24.3 Å². The molecular weight excluding hydrogens is 360 g/mol. The summed E-state index contributed by atoms with van der Waals surface area (Å²) in [5.74, 6) is 0.109. The molecule has 0 N–H and O–H groups in total. The number of likely N-dealkylation sites (tertiary alicyclic amines) is 2. The Balaban J connectivity index is 1.51. The van der Waals surface area contributed by atoms with Gasteiger partial charge in [0, 0.05) is 24.2 Å². The lowest BCUT2D eigenvalue weighted by Crippen LogP contribution is -2.46. The van der Waals surface area contributed by atoms with Gasteiger partial charge in [0.2, 0.25) is 0 Å². The maximum absolute atomic E-state index is 13.2. The third kappa shape index (κ3) is 3.63. The molecule has 144 valence electrons. The zero-order valence-electron chi connectivity index (χ0n) is 16.1. The average molecular weight is 387 g/mol. The second-order valence-corrected chi connectivity index (χ2v) is 8.14. The fraction of sp³-hybridized carbons (Fsp3) is 0.524. The van der Waals surface area contributed by atoms with Gasteiger partial charge in [0.1, 0.15) is 0 Å². The number of rotatable bonds is 3. The largest absolute Gasteiger partial charge is 0.338 e. The van der Waals surface area contributed by atoms with Crippen molar-refractivity contribution < 1.29 is 4.79 Å². The van der Waals surface area contributed by atoms with Crippen molar-refractivity contribution in [2.75, 3.05) is 26.2 Å². The molecule has 2 saturated heterocycles. The van der Waals surface area contributed by atoms with Crippen LogP contribution >= 0.6 is 11.6 Å². The Kier molecular flexibility index (Phi) is 5.24. The van der Waals surface area contributed by atoms with Crippen LogP contribution in [0.3, 0.4) is 0 Å². The zero-order valence-corrected chi connectivity index (χ0v) is 16.9. The zero-order chi connectivity index (χ0) is 19.0. The Hall–Kier alpha value is -1.85. The fourth-order valence-corrected chi connectivity index (χ4v) is 4.69. The summed E-state index contributed by atoms with van der Waals surface area (Å²) in [5.41, 5.74) is 3.27. The lowest BCUT2D eigenvalue weighted by atomic mass is 10.0. The van der Waals surface area contributed by atoms with Gasteiger partial charge in [-0.2, -0.15) is 5.10 Å². The van der Waals surface area contributed by atoms with Crippen LogP contribution in [-0.4, -0.2) is 57.7 Å². The van der Waals surface area contributed by atoms with E-state index < -0.39 is 0 Å². The highest BCUT2D eigenvalue weighted by molar-refractivity contribution is 6.30. The first kappa shape index (κ1) is 18.5. The van der Waals surface area contributed by atoms with Crippen molar-refractivity contribution in [2.45, 2.75) is 45.6 Å². The number of halogens is 1. The van der Waals surface area contributed by atoms with Crippen LogP contribution in [0.2, 0.25) is 5.02 Å². The van der Waals surface area contributed by atoms with E-state index in [9.17, 15) is 4.79 Å². The minimum absolute atomic E-state index is 0.109. The van der Waals surface area contributed by atoms with Crippen molar-refractivity contribution in [2.24, 2.45) is 0 Å². The smallest absolute Gasteiger partial charge is 0.257 e. The van der Waals surface area contributed by atoms with Gasteiger partial charge in [-0.05, 0) is 70.8 Å². The number of piperidine rings is 1. The summed E-state index contributed by atoms with van der Waals surface area (Å²) in [4.78, 5) is 17.8. The summed E-state index contributed by atoms with van der Waals surface area (Å²) < 4.78 is 1.82. The predicted octanol–water partition coefficient (Wildman–Crippen LogP) is 3.84. The van der Waals surface area contributed by atoms with Crippen LogP contribution in [0.4, 0.5) is 0 Å². The van der Waals surface area contributed by atoms with Crippen molar-refractivity contribution in [1.29, 1.82) is 0 Å². The molecule has 0 unspecified atom stereocenters. The molecule has 0 aliphatic carbocycles. The standard InChI is InChI=1S/C21H27ClN4O/c1-15-20(16(2)26(23-15)19-7-5-6-17(22)14-19)21(27)25-12-8-18(9-13-25)24-10-3-4-11-24/h5-7,14,18H,3-4,8-13H2,1-2H3. The molecule has 2 fully saturated rings. The molecule has 1 aromatic heterocycles. The Morgan fingerprint density at radius 1 is 1.11 bits per heavy atom. The van der Waals surface area contributed by atoms with E-state index in [2.05, 4.69) is 10.00 Å². The monoisotopic (exact) mass is 386 g/mol. The van der Waals surface area contributed by atoms with Gasteiger partial charge in [0.05, 0.1) is 22.6 Å². The van der Waals surface area contributed by atoms with Crippen LogP contribution in [0.5, 0.6) is 0 Å². The normalized spacial score (nSPS) is 19.0. The highest BCUT2D eigenvalue weighted by Crippen LogP contribution is 2.25. The molecule has 2 aliphatic rings. The number of nitrogens with zero attached hydrogens (tertiary/aromatic N) is 4. The van der Waals surface area contributed by atoms with Crippen molar-refractivity contribution in [1.82, 2.24) is 19.6 Å². The van der Waals surface area contributed by atoms with Gasteiger partial charge >= 0.3 is 0 Å². The minimum Gasteiger partial charge on any atom is -0.338 e. The third-order valence-corrected chi connectivity index (χ3v) is 6.20. The van der Waals surface area contributed by atoms with E-state index >= 15 is 0 Å². The maximum atomic E-state index is 13.2. The molecule has 2 aromatic rings. The molecule has 6 heteroatoms. The molecule has 0 radical (unpaired) electrons. The van der Waals surface area contributed by atoms with Crippen LogP contribution < -0.4 is 0 Å². The average Bonchev–Trinajstić information content (AvgIpc) is 3.30. The first-order valence-electron chi connectivity index (χ1n) is 9.90. The lowest BCUT2D eigenvalue weighted by Gasteiger charge is -2.36. The lowest BCUT2D eigenvalue weighted by molar-refractivity contribution is 0.0643. The molecule has 4 rings (SSSR count). The van der Waals surface area contributed by atoms with Crippen molar-refractivity contribution >= 4 is 17.5 Å². The summed E-state index contributed by atoms with van der Waals surface area (Å²) in [6.45, 7) is 8.00. The van der Waals surface area contributed by atoms with E-state index in [0.29, 0.717) is 11.1 Å². The minimum atomic E-state index is 0.109. The van der Waals surface area contributed by atoms with E-state index in [1.54, 1.807) is 0 Å². The number of hydrogen-bond donors (Lipinski definition) is 0. The number of benzene rings is 1. The Morgan fingerprint density at radius 2 is 1.81 bits per heavy atom. The molecule has 0 atom stereocenters. The fourth-order valence-electron chi connectivity index (χ4n) is 4.51. The van der Waals surface area contributed by atoms with Crippen LogP contribution in [-0.2, 0) is 0 Å². The van der Waals surface area contributed by atoms with Gasteiger partial charge in [-0.15, -0.1) is 0 Å². The molecule has 0 spiro atoms. The van der Waals surface area contributed by atoms with E-state index in [4.69, 9.17) is 11.6 Å². The van der Waals surface area contributed by atoms with Crippen LogP contribution in [0.1, 0.15) is 47.4 Å². The third-order valence-electron chi connectivity index (χ3n) is 5.97. The van der Waals surface area contributed by atoms with Gasteiger partial charge < -0.3 is 9.80 Å². The van der Waals surface area contributed by atoms with E-state index in [1.807, 2.05) is 47.7 Å². The first-order valence-corrected chi connectivity index (χ1v) is 10.3. The molecule has 3 heterocycles. The molecular formula is C21H27ClN4O. The highest BCUT2D eigenvalue weighted by Gasteiger charge is 2.30. The number of carbonyl (C=O) groups excluding carboxylic acids is 1. The molecule has 0 saturated carbocycles. The number of carbonyl (C=O) groups is 1. The second kappa shape index (κ2) is 7.64. The molecule has 2 aliphatic heterocycles. The van der Waals surface area contributed by atoms with Crippen molar-refractivity contribution in [3.63, 3.8) is 0 Å². The molecule has 5 nitrogen and oxygen atoms in total. The second-order valence-electron chi connectivity index (χ2n) is 7.70. The van der Waals surface area contributed by atoms with Gasteiger partial charge in [0.25, 0.3) is 5.91 Å². The summed E-state index contributed by atoms with van der Waals surface area (Å²) in [6.07, 6.45) is 4.79. The van der Waals surface area contributed by atoms with Crippen LogP contribution in [0, 0.1) is 13.8 Å². The van der Waals surface area contributed by atoms with Gasteiger partial charge in [-0.1, -0.05) is 17.7 Å². The first-order chi connectivity index (χ1) is 13.0. The number of amides is 1. The summed E-state index contributed by atoms with van der Waals surface area (Å²) >= 11 is 6.13. The summed E-state index contributed by atoms with van der Waals surface area (Å²) in [6, 6.07) is 8.22. The summed E-state index contributed by atoms with van der Waals surface area (Å²) in [7, 11) is 0. The molecule has 27 heavy (non-hydrogen) atoms. The number of aromatic nitrogens is 2. The number of hydrogen-bond acceptors (Lipinski definition) is 3.